The molecule has 1 amide bonds. The van der Waals surface area contributed by atoms with Gasteiger partial charge < -0.3 is 10.2 Å². The number of hydrogen-bond acceptors (Lipinski definition) is 6. The largest absolute Gasteiger partial charge is 0.350 e. The summed E-state index contributed by atoms with van der Waals surface area (Å²) in [6, 6.07) is 5.83. The lowest BCUT2D eigenvalue weighted by atomic mass is 10.1. The Morgan fingerprint density at radius 1 is 1.27 bits per heavy atom. The highest BCUT2D eigenvalue weighted by Crippen LogP contribution is 2.21. The molecule has 0 spiro atoms. The molecule has 4 rings (SSSR count). The van der Waals surface area contributed by atoms with Crippen LogP contribution in [0.25, 0.3) is 11.3 Å². The summed E-state index contributed by atoms with van der Waals surface area (Å²) in [4.78, 5) is 28.0. The number of amides is 1. The van der Waals surface area contributed by atoms with Gasteiger partial charge in [0, 0.05) is 49.0 Å². The van der Waals surface area contributed by atoms with E-state index in [2.05, 4.69) is 37.2 Å². The molecule has 8 heteroatoms. The van der Waals surface area contributed by atoms with Gasteiger partial charge in [-0.15, -0.1) is 0 Å². The second-order valence-electron chi connectivity index (χ2n) is 7.64. The van der Waals surface area contributed by atoms with Crippen molar-refractivity contribution in [2.75, 3.05) is 18.0 Å². The van der Waals surface area contributed by atoms with Crippen molar-refractivity contribution in [2.45, 2.75) is 46.2 Å². The van der Waals surface area contributed by atoms with E-state index in [1.54, 1.807) is 23.3 Å². The molecule has 0 radical (unpaired) electrons. The maximum atomic E-state index is 12.6. The van der Waals surface area contributed by atoms with Crippen LogP contribution in [0.15, 0.2) is 36.8 Å². The van der Waals surface area contributed by atoms with Gasteiger partial charge in [0.15, 0.2) is 0 Å². The van der Waals surface area contributed by atoms with Crippen LogP contribution in [0.5, 0.6) is 0 Å². The summed E-state index contributed by atoms with van der Waals surface area (Å²) >= 11 is 0. The summed E-state index contributed by atoms with van der Waals surface area (Å²) < 4.78 is 1.80. The SMILES string of the molecule is CCc1c(C)nn(CC(=O)NC2CCN(c3nccc(-c4cccnc4)n3)C2)c1C. The van der Waals surface area contributed by atoms with Crippen molar-refractivity contribution in [1.29, 1.82) is 0 Å². The molecular weight excluding hydrogens is 378 g/mol. The molecule has 1 aliphatic heterocycles. The third kappa shape index (κ3) is 4.17. The number of nitrogens with zero attached hydrogens (tertiary/aromatic N) is 6. The van der Waals surface area contributed by atoms with Gasteiger partial charge in [0.05, 0.1) is 11.4 Å². The Morgan fingerprint density at radius 3 is 2.87 bits per heavy atom. The Kier molecular flexibility index (Phi) is 5.74. The van der Waals surface area contributed by atoms with Crippen LogP contribution in [0, 0.1) is 13.8 Å². The summed E-state index contributed by atoms with van der Waals surface area (Å²) in [7, 11) is 0. The van der Waals surface area contributed by atoms with E-state index in [0.29, 0.717) is 12.5 Å². The first-order chi connectivity index (χ1) is 14.5. The molecule has 30 heavy (non-hydrogen) atoms. The van der Waals surface area contributed by atoms with Gasteiger partial charge >= 0.3 is 0 Å². The van der Waals surface area contributed by atoms with Crippen molar-refractivity contribution >= 4 is 11.9 Å². The van der Waals surface area contributed by atoms with Crippen LogP contribution in [-0.2, 0) is 17.8 Å². The van der Waals surface area contributed by atoms with Crippen molar-refractivity contribution in [3.8, 4) is 11.3 Å². The van der Waals surface area contributed by atoms with Gasteiger partial charge in [-0.3, -0.25) is 14.5 Å². The molecule has 1 fully saturated rings. The van der Waals surface area contributed by atoms with E-state index in [1.807, 2.05) is 32.0 Å². The molecule has 1 aliphatic rings. The lowest BCUT2D eigenvalue weighted by Gasteiger charge is -2.17. The van der Waals surface area contributed by atoms with Crippen LogP contribution >= 0.6 is 0 Å². The molecule has 1 saturated heterocycles. The second kappa shape index (κ2) is 8.61. The molecule has 0 bridgehead atoms. The summed E-state index contributed by atoms with van der Waals surface area (Å²) in [5.74, 6) is 0.666. The molecule has 4 heterocycles. The highest BCUT2D eigenvalue weighted by molar-refractivity contribution is 5.76. The topological polar surface area (TPSA) is 88.8 Å². The van der Waals surface area contributed by atoms with E-state index in [4.69, 9.17) is 0 Å². The van der Waals surface area contributed by atoms with E-state index in [1.165, 1.54) is 5.56 Å². The summed E-state index contributed by atoms with van der Waals surface area (Å²) in [6.45, 7) is 7.88. The minimum Gasteiger partial charge on any atom is -0.350 e. The third-order valence-corrected chi connectivity index (χ3v) is 5.61. The predicted molar refractivity (Wildman–Crippen MR) is 115 cm³/mol. The van der Waals surface area contributed by atoms with Crippen molar-refractivity contribution in [2.24, 2.45) is 0 Å². The fourth-order valence-corrected chi connectivity index (χ4v) is 4.04. The number of carbonyl (C=O) groups is 1. The number of carbonyl (C=O) groups excluding carboxylic acids is 1. The smallest absolute Gasteiger partial charge is 0.242 e. The molecule has 1 N–H and O–H groups in total. The fourth-order valence-electron chi connectivity index (χ4n) is 4.04. The van der Waals surface area contributed by atoms with Crippen LogP contribution in [-0.4, -0.2) is 49.8 Å². The van der Waals surface area contributed by atoms with Gasteiger partial charge in [0.2, 0.25) is 11.9 Å². The Hall–Kier alpha value is -3.29. The molecule has 3 aromatic heterocycles. The maximum Gasteiger partial charge on any atom is 0.242 e. The Balaban J connectivity index is 1.37. The monoisotopic (exact) mass is 405 g/mol. The summed E-state index contributed by atoms with van der Waals surface area (Å²) in [5, 5.41) is 7.66. The zero-order chi connectivity index (χ0) is 21.1. The summed E-state index contributed by atoms with van der Waals surface area (Å²) in [5.41, 5.74) is 5.10. The Labute approximate surface area is 176 Å². The lowest BCUT2D eigenvalue weighted by molar-refractivity contribution is -0.122. The number of rotatable bonds is 6. The van der Waals surface area contributed by atoms with Crippen molar-refractivity contribution in [3.05, 3.63) is 53.7 Å². The van der Waals surface area contributed by atoms with Gasteiger partial charge in [-0.25, -0.2) is 9.97 Å². The fraction of sp³-hybridized carbons (Fsp3) is 0.409. The molecule has 156 valence electrons. The van der Waals surface area contributed by atoms with Crippen LogP contribution in [0.2, 0.25) is 0 Å². The average molecular weight is 406 g/mol. The maximum absolute atomic E-state index is 12.6. The average Bonchev–Trinajstić information content (AvgIpc) is 3.32. The van der Waals surface area contributed by atoms with Crippen LogP contribution in [0.1, 0.15) is 30.3 Å². The number of anilines is 1. The highest BCUT2D eigenvalue weighted by Gasteiger charge is 2.26. The highest BCUT2D eigenvalue weighted by atomic mass is 16.2. The first kappa shape index (κ1) is 20.0. The number of hydrogen-bond donors (Lipinski definition) is 1. The van der Waals surface area contributed by atoms with Crippen LogP contribution < -0.4 is 10.2 Å². The standard InChI is InChI=1S/C22H27N7O/c1-4-19-15(2)27-29(16(19)3)14-21(30)25-18-8-11-28(13-18)22-24-10-7-20(26-22)17-6-5-9-23-12-17/h5-7,9-10,12,18H,4,8,11,13-14H2,1-3H3,(H,25,30). The molecule has 8 nitrogen and oxygen atoms in total. The quantitative estimate of drug-likeness (QED) is 0.677. The number of aryl methyl sites for hydroxylation is 1. The van der Waals surface area contributed by atoms with E-state index >= 15 is 0 Å². The zero-order valence-electron chi connectivity index (χ0n) is 17.7. The molecule has 0 aromatic carbocycles. The molecule has 3 aromatic rings. The van der Waals surface area contributed by atoms with Gasteiger partial charge in [-0.2, -0.15) is 5.10 Å². The second-order valence-corrected chi connectivity index (χ2v) is 7.64. The first-order valence-electron chi connectivity index (χ1n) is 10.4. The van der Waals surface area contributed by atoms with Crippen molar-refractivity contribution < 1.29 is 4.79 Å². The molecule has 1 atom stereocenters. The van der Waals surface area contributed by atoms with Gasteiger partial charge in [0.25, 0.3) is 0 Å². The van der Waals surface area contributed by atoms with E-state index < -0.39 is 0 Å². The zero-order valence-corrected chi connectivity index (χ0v) is 17.7. The molecule has 0 aliphatic carbocycles. The van der Waals surface area contributed by atoms with Crippen molar-refractivity contribution in [1.82, 2.24) is 30.0 Å². The van der Waals surface area contributed by atoms with Gasteiger partial charge in [-0.05, 0) is 50.5 Å². The Bertz CT molecular complexity index is 1030. The number of aromatic nitrogens is 5. The number of nitrogens with one attached hydrogen (secondary N) is 1. The molecule has 0 saturated carbocycles. The predicted octanol–water partition coefficient (Wildman–Crippen LogP) is 2.31. The number of pyridine rings is 1. The Morgan fingerprint density at radius 2 is 2.13 bits per heavy atom. The van der Waals surface area contributed by atoms with Crippen LogP contribution in [0.3, 0.4) is 0 Å². The van der Waals surface area contributed by atoms with Crippen LogP contribution in [0.4, 0.5) is 5.95 Å². The first-order valence-corrected chi connectivity index (χ1v) is 10.4. The molecule has 1 unspecified atom stereocenters. The minimum atomic E-state index is -0.0138. The van der Waals surface area contributed by atoms with E-state index in [0.717, 1.165) is 42.0 Å². The normalized spacial score (nSPS) is 16.1. The molecular formula is C22H27N7O. The van der Waals surface area contributed by atoms with Gasteiger partial charge in [0.1, 0.15) is 6.54 Å². The summed E-state index contributed by atoms with van der Waals surface area (Å²) in [6.07, 6.45) is 7.10. The van der Waals surface area contributed by atoms with E-state index in [-0.39, 0.29) is 18.5 Å². The lowest BCUT2D eigenvalue weighted by Crippen LogP contribution is -2.39. The van der Waals surface area contributed by atoms with Gasteiger partial charge in [-0.1, -0.05) is 6.92 Å². The minimum absolute atomic E-state index is 0.0138. The third-order valence-electron chi connectivity index (χ3n) is 5.61. The van der Waals surface area contributed by atoms with E-state index in [9.17, 15) is 4.79 Å². The van der Waals surface area contributed by atoms with Crippen molar-refractivity contribution in [3.63, 3.8) is 0 Å².